The zero-order valence-electron chi connectivity index (χ0n) is 13.7. The van der Waals surface area contributed by atoms with E-state index in [-0.39, 0.29) is 18.4 Å². The van der Waals surface area contributed by atoms with Gasteiger partial charge < -0.3 is 19.3 Å². The highest BCUT2D eigenvalue weighted by Crippen LogP contribution is 2.25. The first-order valence-corrected chi connectivity index (χ1v) is 8.83. The summed E-state index contributed by atoms with van der Waals surface area (Å²) in [5.41, 5.74) is 0. The lowest BCUT2D eigenvalue weighted by molar-refractivity contribution is -0.130. The molecule has 1 amide bonds. The van der Waals surface area contributed by atoms with Crippen LogP contribution in [0.5, 0.6) is 0 Å². The van der Waals surface area contributed by atoms with E-state index in [0.717, 1.165) is 32.8 Å². The van der Waals surface area contributed by atoms with E-state index in [1.54, 1.807) is 6.07 Å². The van der Waals surface area contributed by atoms with E-state index in [2.05, 4.69) is 10.1 Å². The maximum Gasteiger partial charge on any atom is 0.223 e. The first-order valence-electron chi connectivity index (χ1n) is 8.45. The lowest BCUT2D eigenvalue weighted by Gasteiger charge is -2.30. The summed E-state index contributed by atoms with van der Waals surface area (Å²) in [7, 11) is 0. The molecule has 2 unspecified atom stereocenters. The summed E-state index contributed by atoms with van der Waals surface area (Å²) in [6, 6.07) is 1.64. The number of nitrogens with zero attached hydrogens (tertiary/aromatic N) is 3. The van der Waals surface area contributed by atoms with Crippen molar-refractivity contribution in [2.45, 2.75) is 12.8 Å². The lowest BCUT2D eigenvalue weighted by atomic mass is 9.96. The Morgan fingerprint density at radius 1 is 1.33 bits per heavy atom. The summed E-state index contributed by atoms with van der Waals surface area (Å²) >= 11 is 5.71. The Bertz CT molecular complexity index is 547. The number of halogens is 1. The molecule has 1 aromatic rings. The van der Waals surface area contributed by atoms with Crippen LogP contribution in [0.3, 0.4) is 0 Å². The number of aliphatic hydroxyl groups is 1. The van der Waals surface area contributed by atoms with Gasteiger partial charge in [0, 0.05) is 64.2 Å². The van der Waals surface area contributed by atoms with Crippen LogP contribution in [0.4, 0.5) is 0 Å². The molecule has 0 bridgehead atoms. The Hall–Kier alpha value is -1.15. The minimum atomic E-state index is 0.0884. The van der Waals surface area contributed by atoms with E-state index >= 15 is 0 Å². The number of morpholine rings is 1. The molecule has 2 aliphatic heterocycles. The van der Waals surface area contributed by atoms with E-state index in [0.29, 0.717) is 42.8 Å². The van der Waals surface area contributed by atoms with Gasteiger partial charge in [0.15, 0.2) is 5.15 Å². The Morgan fingerprint density at radius 2 is 2.08 bits per heavy atom. The summed E-state index contributed by atoms with van der Waals surface area (Å²) < 4.78 is 10.4. The van der Waals surface area contributed by atoms with Gasteiger partial charge in [0.05, 0.1) is 13.2 Å². The van der Waals surface area contributed by atoms with Crippen molar-refractivity contribution < 1.29 is 19.2 Å². The van der Waals surface area contributed by atoms with Gasteiger partial charge in [-0.15, -0.1) is 0 Å². The molecule has 2 aliphatic rings. The molecule has 0 aliphatic carbocycles. The monoisotopic (exact) mass is 357 g/mol. The van der Waals surface area contributed by atoms with Crippen LogP contribution >= 0.6 is 11.6 Å². The summed E-state index contributed by atoms with van der Waals surface area (Å²) in [6.45, 7) is 5.74. The molecule has 3 heterocycles. The maximum atomic E-state index is 12.4. The second-order valence-corrected chi connectivity index (χ2v) is 6.92. The molecule has 0 spiro atoms. The van der Waals surface area contributed by atoms with Crippen molar-refractivity contribution in [2.75, 3.05) is 52.5 Å². The molecule has 1 aromatic heterocycles. The van der Waals surface area contributed by atoms with Gasteiger partial charge in [0.2, 0.25) is 5.91 Å². The number of carbonyl (C=O) groups excluding carboxylic acids is 1. The molecule has 7 nitrogen and oxygen atoms in total. The first-order chi connectivity index (χ1) is 11.7. The Balaban J connectivity index is 1.49. The number of aliphatic hydroxyl groups excluding tert-OH is 1. The Kier molecular flexibility index (Phi) is 6.10. The fourth-order valence-electron chi connectivity index (χ4n) is 3.47. The molecule has 0 radical (unpaired) electrons. The van der Waals surface area contributed by atoms with Crippen molar-refractivity contribution in [2.24, 2.45) is 11.8 Å². The molecule has 0 saturated carbocycles. The molecule has 3 rings (SSSR count). The predicted molar refractivity (Wildman–Crippen MR) is 87.7 cm³/mol. The van der Waals surface area contributed by atoms with E-state index in [1.165, 1.54) is 0 Å². The molecule has 2 saturated heterocycles. The highest BCUT2D eigenvalue weighted by atomic mass is 35.5. The lowest BCUT2D eigenvalue weighted by Crippen LogP contribution is -2.41. The number of carbonyl (C=O) groups is 1. The van der Waals surface area contributed by atoms with Crippen molar-refractivity contribution in [3.05, 3.63) is 17.0 Å². The van der Waals surface area contributed by atoms with Gasteiger partial charge in [0.1, 0.15) is 5.76 Å². The van der Waals surface area contributed by atoms with Gasteiger partial charge in [-0.2, -0.15) is 0 Å². The maximum absolute atomic E-state index is 12.4. The fourth-order valence-corrected chi connectivity index (χ4v) is 3.62. The van der Waals surface area contributed by atoms with Gasteiger partial charge in [-0.1, -0.05) is 16.8 Å². The van der Waals surface area contributed by atoms with Crippen molar-refractivity contribution in [3.63, 3.8) is 0 Å². The van der Waals surface area contributed by atoms with Crippen LogP contribution in [0.15, 0.2) is 10.6 Å². The van der Waals surface area contributed by atoms with Crippen LogP contribution in [-0.4, -0.2) is 78.5 Å². The minimum Gasteiger partial charge on any atom is -0.396 e. The average molecular weight is 358 g/mol. The number of likely N-dealkylation sites (tertiary alicyclic amines) is 1. The van der Waals surface area contributed by atoms with Gasteiger partial charge in [-0.25, -0.2) is 0 Å². The standard InChI is InChI=1S/C16H24ClN3O4/c17-15-7-14(24-18-15)1-2-16(22)20-9-12(13(10-20)11-21)8-19-3-5-23-6-4-19/h7,12-13,21H,1-6,8-11H2. The molecule has 2 atom stereocenters. The van der Waals surface area contributed by atoms with E-state index in [9.17, 15) is 9.90 Å². The van der Waals surface area contributed by atoms with Gasteiger partial charge in [0.25, 0.3) is 0 Å². The van der Waals surface area contributed by atoms with Crippen LogP contribution < -0.4 is 0 Å². The van der Waals surface area contributed by atoms with Crippen LogP contribution in [0.25, 0.3) is 0 Å². The van der Waals surface area contributed by atoms with Crippen molar-refractivity contribution >= 4 is 17.5 Å². The largest absolute Gasteiger partial charge is 0.396 e. The molecule has 1 N–H and O–H groups in total. The molecular weight excluding hydrogens is 334 g/mol. The van der Waals surface area contributed by atoms with Crippen molar-refractivity contribution in [1.29, 1.82) is 0 Å². The second kappa shape index (κ2) is 8.29. The molecular formula is C16H24ClN3O4. The van der Waals surface area contributed by atoms with Crippen LogP contribution in [0.1, 0.15) is 12.2 Å². The Morgan fingerprint density at radius 3 is 2.75 bits per heavy atom. The van der Waals surface area contributed by atoms with Crippen molar-refractivity contribution in [3.8, 4) is 0 Å². The summed E-state index contributed by atoms with van der Waals surface area (Å²) in [6.07, 6.45) is 0.862. The highest BCUT2D eigenvalue weighted by Gasteiger charge is 2.35. The zero-order valence-corrected chi connectivity index (χ0v) is 14.5. The third-order valence-electron chi connectivity index (χ3n) is 4.88. The second-order valence-electron chi connectivity index (χ2n) is 6.53. The van der Waals surface area contributed by atoms with Gasteiger partial charge in [-0.3, -0.25) is 9.69 Å². The first kappa shape index (κ1) is 17.7. The van der Waals surface area contributed by atoms with Gasteiger partial charge in [-0.05, 0) is 5.92 Å². The van der Waals surface area contributed by atoms with Crippen LogP contribution in [0, 0.1) is 11.8 Å². The van der Waals surface area contributed by atoms with E-state index in [4.69, 9.17) is 20.9 Å². The average Bonchev–Trinajstić information content (AvgIpc) is 3.19. The summed E-state index contributed by atoms with van der Waals surface area (Å²) in [4.78, 5) is 16.7. The number of amides is 1. The van der Waals surface area contributed by atoms with E-state index < -0.39 is 0 Å². The number of ether oxygens (including phenoxy) is 1. The fraction of sp³-hybridized carbons (Fsp3) is 0.750. The number of hydrogen-bond acceptors (Lipinski definition) is 6. The third-order valence-corrected chi connectivity index (χ3v) is 5.05. The van der Waals surface area contributed by atoms with Crippen molar-refractivity contribution in [1.82, 2.24) is 15.0 Å². The van der Waals surface area contributed by atoms with Crippen LogP contribution in [0.2, 0.25) is 5.15 Å². The zero-order chi connectivity index (χ0) is 16.9. The predicted octanol–water partition coefficient (Wildman–Crippen LogP) is 0.660. The quantitative estimate of drug-likeness (QED) is 0.805. The Labute approximate surface area is 146 Å². The molecule has 2 fully saturated rings. The normalized spacial score (nSPS) is 25.3. The molecule has 24 heavy (non-hydrogen) atoms. The number of rotatable bonds is 6. The molecule has 8 heteroatoms. The smallest absolute Gasteiger partial charge is 0.223 e. The summed E-state index contributed by atoms with van der Waals surface area (Å²) in [5.74, 6) is 1.18. The highest BCUT2D eigenvalue weighted by molar-refractivity contribution is 6.29. The molecule has 134 valence electrons. The number of hydrogen-bond donors (Lipinski definition) is 1. The van der Waals surface area contributed by atoms with E-state index in [1.807, 2.05) is 4.90 Å². The topological polar surface area (TPSA) is 79.0 Å². The SMILES string of the molecule is O=C(CCc1cc(Cl)no1)N1CC(CO)C(CN2CCOCC2)C1. The van der Waals surface area contributed by atoms with Crippen LogP contribution in [-0.2, 0) is 16.0 Å². The summed E-state index contributed by atoms with van der Waals surface area (Å²) in [5, 5.41) is 13.6. The third kappa shape index (κ3) is 4.47. The minimum absolute atomic E-state index is 0.0884. The number of aromatic nitrogens is 1. The molecule has 0 aromatic carbocycles. The number of aryl methyl sites for hydroxylation is 1. The van der Waals surface area contributed by atoms with Gasteiger partial charge >= 0.3 is 0 Å².